The molecule has 8 nitrogen and oxygen atoms in total. The normalized spacial score (nSPS) is 20.6. The Labute approximate surface area is 242 Å². The standard InChI is InChI=1S/C30H34F2N4O4S/c1-19-12-20(2)34-41-30(19,18-35(3)4)36-15-24(29(39)33-14-22-10-11-23(31)13-25(22)32)27(38)28(26(36)16-37)40-17-21-8-6-5-7-9-21/h5-11,13,15-16,19-20,34H,12,14,17-18H2,1-4H3,(H,33,39). The van der Waals surface area contributed by atoms with Crippen LogP contribution in [0.1, 0.15) is 52.2 Å². The molecular formula is C30H34F2N4O4S. The van der Waals surface area contributed by atoms with Gasteiger partial charge in [0.25, 0.3) is 5.91 Å². The summed E-state index contributed by atoms with van der Waals surface area (Å²) >= 11 is 1.44. The molecule has 11 heteroatoms. The molecule has 0 bridgehead atoms. The van der Waals surface area contributed by atoms with Gasteiger partial charge in [0.15, 0.2) is 12.0 Å². The lowest BCUT2D eigenvalue weighted by Gasteiger charge is -2.47. The van der Waals surface area contributed by atoms with Gasteiger partial charge in [0.2, 0.25) is 5.43 Å². The number of likely N-dealkylation sites (N-methyl/N-ethyl adjacent to an activating group) is 1. The monoisotopic (exact) mass is 584 g/mol. The third kappa shape index (κ3) is 6.69. The molecule has 2 aromatic carbocycles. The van der Waals surface area contributed by atoms with Crippen LogP contribution in [0.5, 0.6) is 5.75 Å². The van der Waals surface area contributed by atoms with Gasteiger partial charge in [0, 0.05) is 37.0 Å². The molecule has 4 rings (SSSR count). The second-order valence-electron chi connectivity index (χ2n) is 10.6. The lowest BCUT2D eigenvalue weighted by molar-refractivity contribution is 0.0944. The van der Waals surface area contributed by atoms with Gasteiger partial charge >= 0.3 is 0 Å². The van der Waals surface area contributed by atoms with E-state index >= 15 is 0 Å². The lowest BCUT2D eigenvalue weighted by atomic mass is 9.92. The van der Waals surface area contributed by atoms with Crippen molar-refractivity contribution in [3.8, 4) is 5.75 Å². The Hall–Kier alpha value is -3.54. The van der Waals surface area contributed by atoms with E-state index in [2.05, 4.69) is 23.9 Å². The quantitative estimate of drug-likeness (QED) is 0.271. The predicted molar refractivity (Wildman–Crippen MR) is 155 cm³/mol. The summed E-state index contributed by atoms with van der Waals surface area (Å²) in [4.78, 5) is 41.0. The number of aromatic nitrogens is 1. The molecule has 0 radical (unpaired) electrons. The van der Waals surface area contributed by atoms with Gasteiger partial charge in [-0.1, -0.05) is 55.3 Å². The van der Waals surface area contributed by atoms with Crippen molar-refractivity contribution in [3.63, 3.8) is 0 Å². The molecule has 1 aliphatic rings. The topological polar surface area (TPSA) is 92.7 Å². The van der Waals surface area contributed by atoms with Crippen LogP contribution in [-0.2, 0) is 18.0 Å². The van der Waals surface area contributed by atoms with Crippen molar-refractivity contribution in [1.29, 1.82) is 0 Å². The highest BCUT2D eigenvalue weighted by Gasteiger charge is 2.45. The van der Waals surface area contributed by atoms with Crippen LogP contribution in [0.4, 0.5) is 8.78 Å². The first-order chi connectivity index (χ1) is 19.6. The summed E-state index contributed by atoms with van der Waals surface area (Å²) in [6.07, 6.45) is 2.75. The Balaban J connectivity index is 1.83. The van der Waals surface area contributed by atoms with Crippen LogP contribution in [0, 0.1) is 17.6 Å². The highest BCUT2D eigenvalue weighted by Crippen LogP contribution is 2.44. The number of nitrogens with one attached hydrogen (secondary N) is 2. The van der Waals surface area contributed by atoms with Crippen LogP contribution in [0.3, 0.4) is 0 Å². The molecule has 3 atom stereocenters. The van der Waals surface area contributed by atoms with Crippen LogP contribution in [-0.4, -0.2) is 48.3 Å². The largest absolute Gasteiger partial charge is 0.483 e. The summed E-state index contributed by atoms with van der Waals surface area (Å²) in [5, 5.41) is 2.57. The average molecular weight is 585 g/mol. The molecule has 1 aliphatic heterocycles. The van der Waals surface area contributed by atoms with Crippen LogP contribution in [0.25, 0.3) is 0 Å². The van der Waals surface area contributed by atoms with Gasteiger partial charge in [-0.15, -0.1) is 0 Å². The van der Waals surface area contributed by atoms with Gasteiger partial charge in [-0.3, -0.25) is 19.1 Å². The van der Waals surface area contributed by atoms with Gasteiger partial charge in [0.1, 0.15) is 34.4 Å². The van der Waals surface area contributed by atoms with Crippen molar-refractivity contribution in [3.05, 3.63) is 99.0 Å². The number of hydrogen-bond acceptors (Lipinski definition) is 7. The first-order valence-electron chi connectivity index (χ1n) is 13.3. The minimum atomic E-state index is -0.816. The Bertz CT molecular complexity index is 1470. The van der Waals surface area contributed by atoms with Gasteiger partial charge in [-0.2, -0.15) is 0 Å². The number of carbonyl (C=O) groups is 2. The average Bonchev–Trinajstić information content (AvgIpc) is 2.93. The molecule has 2 N–H and O–H groups in total. The molecule has 0 spiro atoms. The van der Waals surface area contributed by atoms with Gasteiger partial charge in [-0.05, 0) is 45.0 Å². The van der Waals surface area contributed by atoms with E-state index in [4.69, 9.17) is 4.74 Å². The smallest absolute Gasteiger partial charge is 0.257 e. The molecular weight excluding hydrogens is 550 g/mol. The Morgan fingerprint density at radius 2 is 1.95 bits per heavy atom. The first-order valence-corrected chi connectivity index (χ1v) is 14.1. The Morgan fingerprint density at radius 3 is 2.59 bits per heavy atom. The fraction of sp³-hybridized carbons (Fsp3) is 0.367. The zero-order valence-electron chi connectivity index (χ0n) is 23.4. The number of ether oxygens (including phenoxy) is 1. The molecule has 3 unspecified atom stereocenters. The summed E-state index contributed by atoms with van der Waals surface area (Å²) in [6.45, 7) is 4.34. The molecule has 1 amide bonds. The molecule has 1 saturated heterocycles. The van der Waals surface area contributed by atoms with E-state index in [1.165, 1.54) is 24.2 Å². The van der Waals surface area contributed by atoms with Crippen molar-refractivity contribution in [2.24, 2.45) is 5.92 Å². The maximum atomic E-state index is 14.2. The number of halogens is 2. The zero-order chi connectivity index (χ0) is 29.7. The summed E-state index contributed by atoms with van der Waals surface area (Å²) in [7, 11) is 3.82. The fourth-order valence-electron chi connectivity index (χ4n) is 5.07. The number of amides is 1. The van der Waals surface area contributed by atoms with Gasteiger partial charge < -0.3 is 19.5 Å². The number of aldehydes is 1. The van der Waals surface area contributed by atoms with Crippen molar-refractivity contribution < 1.29 is 23.1 Å². The maximum Gasteiger partial charge on any atom is 0.257 e. The first kappa shape index (κ1) is 30.4. The Morgan fingerprint density at radius 1 is 1.22 bits per heavy atom. The van der Waals surface area contributed by atoms with E-state index in [-0.39, 0.29) is 47.7 Å². The molecule has 3 aromatic rings. The van der Waals surface area contributed by atoms with Crippen LogP contribution >= 0.6 is 11.9 Å². The second kappa shape index (κ2) is 13.0. The summed E-state index contributed by atoms with van der Waals surface area (Å²) < 4.78 is 38.7. The molecule has 218 valence electrons. The molecule has 1 aromatic heterocycles. The number of rotatable bonds is 10. The summed E-state index contributed by atoms with van der Waals surface area (Å²) in [6, 6.07) is 12.4. The number of nitrogens with zero attached hydrogens (tertiary/aromatic N) is 2. The highest BCUT2D eigenvalue weighted by molar-refractivity contribution is 7.98. The van der Waals surface area contributed by atoms with Crippen LogP contribution in [0.15, 0.2) is 59.5 Å². The van der Waals surface area contributed by atoms with Crippen molar-refractivity contribution in [1.82, 2.24) is 19.5 Å². The van der Waals surface area contributed by atoms with E-state index in [1.54, 1.807) is 4.57 Å². The number of pyridine rings is 1. The van der Waals surface area contributed by atoms with Gasteiger partial charge in [-0.25, -0.2) is 8.78 Å². The van der Waals surface area contributed by atoms with E-state index in [0.29, 0.717) is 12.8 Å². The van der Waals surface area contributed by atoms with Crippen molar-refractivity contribution in [2.45, 2.75) is 44.3 Å². The van der Waals surface area contributed by atoms with Crippen molar-refractivity contribution in [2.75, 3.05) is 20.6 Å². The number of hydrogen-bond donors (Lipinski definition) is 2. The molecule has 1 fully saturated rings. The number of carbonyl (C=O) groups excluding carboxylic acids is 2. The molecule has 0 aliphatic carbocycles. The van der Waals surface area contributed by atoms with E-state index in [1.807, 2.05) is 49.3 Å². The minimum Gasteiger partial charge on any atom is -0.483 e. The van der Waals surface area contributed by atoms with Gasteiger partial charge in [0.05, 0.1) is 0 Å². The van der Waals surface area contributed by atoms with E-state index in [9.17, 15) is 23.2 Å². The maximum absolute atomic E-state index is 14.2. The third-order valence-corrected chi connectivity index (χ3v) is 8.70. The summed E-state index contributed by atoms with van der Waals surface area (Å²) in [5.41, 5.74) is -0.166. The Kier molecular flexibility index (Phi) is 9.62. The number of benzene rings is 2. The fourth-order valence-corrected chi connectivity index (χ4v) is 6.44. The highest BCUT2D eigenvalue weighted by atomic mass is 32.2. The summed E-state index contributed by atoms with van der Waals surface area (Å²) in [5.74, 6) is -2.56. The minimum absolute atomic E-state index is 0.00143. The molecule has 0 saturated carbocycles. The SMILES string of the molecule is CC1CC(C)C(CN(C)C)(n2cc(C(=O)NCc3ccc(F)cc3F)c(=O)c(OCc3ccccc3)c2C=O)SN1. The molecule has 41 heavy (non-hydrogen) atoms. The third-order valence-electron chi connectivity index (χ3n) is 7.10. The van der Waals surface area contributed by atoms with Crippen LogP contribution < -0.4 is 20.2 Å². The zero-order valence-corrected chi connectivity index (χ0v) is 24.3. The molecule has 2 heterocycles. The lowest BCUT2D eigenvalue weighted by Crippen LogP contribution is -2.53. The van der Waals surface area contributed by atoms with E-state index < -0.39 is 27.8 Å². The van der Waals surface area contributed by atoms with Crippen LogP contribution in [0.2, 0.25) is 0 Å². The second-order valence-corrected chi connectivity index (χ2v) is 11.8. The predicted octanol–water partition coefficient (Wildman–Crippen LogP) is 4.33. The van der Waals surface area contributed by atoms with E-state index in [0.717, 1.165) is 24.1 Å². The van der Waals surface area contributed by atoms with Crippen molar-refractivity contribution >= 4 is 24.1 Å².